The normalized spacial score (nSPS) is 12.4. The lowest BCUT2D eigenvalue weighted by Gasteiger charge is -2.19. The first-order valence-electron chi connectivity index (χ1n) is 17.2. The molecule has 0 fully saturated rings. The van der Waals surface area contributed by atoms with Crippen molar-refractivity contribution in [2.24, 2.45) is 0 Å². The Kier molecular flexibility index (Phi) is 26.9. The average molecular weight is 775 g/mol. The number of ether oxygens (including phenoxy) is 8. The number of amides is 4. The molecule has 0 aliphatic rings. The lowest BCUT2D eigenvalue weighted by molar-refractivity contribution is -0.143. The molecule has 0 aromatic heterocycles. The number of nitrogens with one attached hydrogen (secondary N) is 4. The van der Waals surface area contributed by atoms with E-state index in [1.54, 1.807) is 0 Å². The van der Waals surface area contributed by atoms with Crippen molar-refractivity contribution in [2.75, 3.05) is 53.7 Å². The van der Waals surface area contributed by atoms with Crippen LogP contribution in [0.1, 0.15) is 65.2 Å². The number of hydrogen-bond donors (Lipinski definition) is 4. The van der Waals surface area contributed by atoms with Gasteiger partial charge < -0.3 is 59.2 Å². The Hall–Kier alpha value is -5.56. The van der Waals surface area contributed by atoms with E-state index in [0.717, 1.165) is 12.2 Å². The molecule has 4 amide bonds. The minimum atomic E-state index is -0.994. The van der Waals surface area contributed by atoms with Crippen LogP contribution in [0.5, 0.6) is 0 Å². The van der Waals surface area contributed by atoms with Gasteiger partial charge in [-0.3, -0.25) is 4.79 Å². The highest BCUT2D eigenvalue weighted by Crippen LogP contribution is 2.07. The van der Waals surface area contributed by atoms with Crippen LogP contribution in [-0.2, 0) is 57.1 Å². The Labute approximate surface area is 314 Å². The van der Waals surface area contributed by atoms with Gasteiger partial charge in [0.2, 0.25) is 0 Å². The molecule has 0 aliphatic carbocycles. The first-order valence-corrected chi connectivity index (χ1v) is 17.2. The number of esters is 4. The van der Waals surface area contributed by atoms with E-state index in [2.05, 4.69) is 39.2 Å². The van der Waals surface area contributed by atoms with Gasteiger partial charge in [-0.1, -0.05) is 13.2 Å². The zero-order chi connectivity index (χ0) is 40.7. The minimum absolute atomic E-state index is 0.0695. The van der Waals surface area contributed by atoms with Gasteiger partial charge in [0, 0.05) is 31.3 Å². The van der Waals surface area contributed by atoms with Crippen LogP contribution in [0.4, 0.5) is 19.2 Å². The van der Waals surface area contributed by atoms with Crippen molar-refractivity contribution in [3.8, 4) is 0 Å². The van der Waals surface area contributed by atoms with Gasteiger partial charge >= 0.3 is 48.3 Å². The molecule has 54 heavy (non-hydrogen) atoms. The van der Waals surface area contributed by atoms with E-state index in [1.807, 2.05) is 0 Å². The first-order chi connectivity index (χ1) is 25.7. The summed E-state index contributed by atoms with van der Waals surface area (Å²) in [5, 5.41) is 10.1. The molecule has 0 saturated heterocycles. The van der Waals surface area contributed by atoms with Crippen LogP contribution in [0.3, 0.4) is 0 Å². The Morgan fingerprint density at radius 2 is 1.09 bits per heavy atom. The lowest BCUT2D eigenvalue weighted by atomic mass is 10.1. The number of methoxy groups -OCH3 is 2. The Balaban J connectivity index is 4.19. The molecule has 0 bridgehead atoms. The topological polar surface area (TPSA) is 259 Å². The van der Waals surface area contributed by atoms with Gasteiger partial charge in [0.1, 0.15) is 31.5 Å². The highest BCUT2D eigenvalue weighted by Gasteiger charge is 2.23. The van der Waals surface area contributed by atoms with Crippen LogP contribution in [0.2, 0.25) is 0 Å². The molecular weight excluding hydrogens is 720 g/mol. The fraction of sp³-hybridized carbons (Fsp3) is 0.647. The van der Waals surface area contributed by atoms with E-state index in [0.29, 0.717) is 38.5 Å². The van der Waals surface area contributed by atoms with Crippen molar-refractivity contribution in [3.05, 3.63) is 25.3 Å². The van der Waals surface area contributed by atoms with Gasteiger partial charge in [-0.2, -0.15) is 0 Å². The van der Waals surface area contributed by atoms with E-state index in [9.17, 15) is 38.4 Å². The number of alkyl carbamates (subject to hydrolysis) is 4. The molecule has 0 aliphatic heterocycles. The maximum Gasteiger partial charge on any atom is 0.408 e. The van der Waals surface area contributed by atoms with Crippen molar-refractivity contribution >= 4 is 48.3 Å². The van der Waals surface area contributed by atoms with Gasteiger partial charge in [0.15, 0.2) is 0 Å². The molecule has 0 aromatic rings. The summed E-state index contributed by atoms with van der Waals surface area (Å²) < 4.78 is 39.4. The molecule has 0 rings (SSSR count). The molecule has 4 N–H and O–H groups in total. The molecule has 20 heteroatoms. The van der Waals surface area contributed by atoms with Crippen molar-refractivity contribution in [1.29, 1.82) is 0 Å². The third-order valence-corrected chi connectivity index (χ3v) is 6.80. The van der Waals surface area contributed by atoms with Crippen LogP contribution in [-0.4, -0.2) is 126 Å². The summed E-state index contributed by atoms with van der Waals surface area (Å²) in [5.74, 6) is -2.57. The summed E-state index contributed by atoms with van der Waals surface area (Å²) in [7, 11) is 2.39. The zero-order valence-electron chi connectivity index (χ0n) is 31.3. The van der Waals surface area contributed by atoms with Crippen molar-refractivity contribution in [3.63, 3.8) is 0 Å². The molecule has 0 aromatic carbocycles. The Morgan fingerprint density at radius 1 is 0.593 bits per heavy atom. The standard InChI is InChI=1S/C34H54N4O16/c1-7-27(39)51-21-23(3)53-33(45)37-25(20-29(41)47-5)14-13-17-36-32(44)50-19-12-11-18-49-31(43)35-16-10-9-15-26(30(42)48-6)38-34(46)54-24(4)22-52-28(40)8-2/h7-8,23-26H,1-2,9-22H2,3-6H3,(H,35,43)(H,36,44)(H,37,45)(H,38,46). The Morgan fingerprint density at radius 3 is 1.57 bits per heavy atom. The second kappa shape index (κ2) is 30.0. The van der Waals surface area contributed by atoms with Gasteiger partial charge in [0.05, 0.1) is 33.9 Å². The molecule has 4 atom stereocenters. The average Bonchev–Trinajstić information content (AvgIpc) is 3.14. The molecule has 0 heterocycles. The first kappa shape index (κ1) is 48.4. The molecular formula is C34H54N4O16. The number of rotatable bonds is 27. The van der Waals surface area contributed by atoms with E-state index in [-0.39, 0.29) is 52.4 Å². The third-order valence-electron chi connectivity index (χ3n) is 6.80. The zero-order valence-corrected chi connectivity index (χ0v) is 31.3. The third kappa shape index (κ3) is 26.2. The molecule has 0 spiro atoms. The van der Waals surface area contributed by atoms with Gasteiger partial charge in [-0.15, -0.1) is 0 Å². The quantitative estimate of drug-likeness (QED) is 0.0404. The highest BCUT2D eigenvalue weighted by molar-refractivity contribution is 5.82. The number of unbranched alkanes of at least 4 members (excludes halogenated alkanes) is 2. The molecule has 306 valence electrons. The summed E-state index contributed by atoms with van der Waals surface area (Å²) in [5.41, 5.74) is 0. The summed E-state index contributed by atoms with van der Waals surface area (Å²) in [6.45, 7) is 9.76. The number of carbonyl (C=O) groups is 8. The summed E-state index contributed by atoms with van der Waals surface area (Å²) in [6, 6.07) is -1.65. The van der Waals surface area contributed by atoms with E-state index >= 15 is 0 Å². The van der Waals surface area contributed by atoms with Crippen LogP contribution in [0, 0.1) is 0 Å². The van der Waals surface area contributed by atoms with E-state index in [4.69, 9.17) is 33.2 Å². The second-order valence-electron chi connectivity index (χ2n) is 11.4. The Bertz CT molecular complexity index is 1230. The maximum absolute atomic E-state index is 12.2. The van der Waals surface area contributed by atoms with Gasteiger partial charge in [-0.25, -0.2) is 33.6 Å². The smallest absolute Gasteiger partial charge is 0.408 e. The monoisotopic (exact) mass is 774 g/mol. The number of carbonyl (C=O) groups excluding carboxylic acids is 8. The van der Waals surface area contributed by atoms with Crippen LogP contribution in [0.25, 0.3) is 0 Å². The minimum Gasteiger partial charge on any atom is -0.469 e. The fourth-order valence-corrected chi connectivity index (χ4v) is 4.07. The van der Waals surface area contributed by atoms with Gasteiger partial charge in [-0.05, 0) is 58.8 Å². The van der Waals surface area contributed by atoms with Gasteiger partial charge in [0.25, 0.3) is 0 Å². The van der Waals surface area contributed by atoms with Crippen molar-refractivity contribution < 1.29 is 76.3 Å². The molecule has 4 unspecified atom stereocenters. The van der Waals surface area contributed by atoms with Crippen LogP contribution < -0.4 is 21.3 Å². The SMILES string of the molecule is C=CC(=O)OCC(C)OC(=O)NC(CCCNC(=O)OCCCCOC(=O)NCCCCC(NC(=O)OC(C)COC(=O)C=C)C(=O)OC)CC(=O)OC. The van der Waals surface area contributed by atoms with Crippen LogP contribution >= 0.6 is 0 Å². The largest absolute Gasteiger partial charge is 0.469 e. The molecule has 0 saturated carbocycles. The fourth-order valence-electron chi connectivity index (χ4n) is 4.07. The summed E-state index contributed by atoms with van der Waals surface area (Å²) >= 11 is 0. The predicted octanol–water partition coefficient (Wildman–Crippen LogP) is 2.33. The molecule has 20 nitrogen and oxygen atoms in total. The van der Waals surface area contributed by atoms with E-state index < -0.39 is 72.5 Å². The number of hydrogen-bond acceptors (Lipinski definition) is 16. The van der Waals surface area contributed by atoms with E-state index in [1.165, 1.54) is 28.1 Å². The van der Waals surface area contributed by atoms with Crippen molar-refractivity contribution in [1.82, 2.24) is 21.3 Å². The lowest BCUT2D eigenvalue weighted by Crippen LogP contribution is -2.43. The summed E-state index contributed by atoms with van der Waals surface area (Å²) in [4.78, 5) is 94.4. The van der Waals surface area contributed by atoms with Crippen LogP contribution in [0.15, 0.2) is 25.3 Å². The summed E-state index contributed by atoms with van der Waals surface area (Å²) in [6.07, 6.45) is -0.141. The maximum atomic E-state index is 12.2. The molecule has 0 radical (unpaired) electrons. The second-order valence-corrected chi connectivity index (χ2v) is 11.4. The van der Waals surface area contributed by atoms with Crippen molar-refractivity contribution in [2.45, 2.75) is 89.5 Å². The predicted molar refractivity (Wildman–Crippen MR) is 188 cm³/mol. The highest BCUT2D eigenvalue weighted by atomic mass is 16.6.